The zero-order valence-electron chi connectivity index (χ0n) is 14.4. The van der Waals surface area contributed by atoms with E-state index in [2.05, 4.69) is 31.0 Å². The summed E-state index contributed by atoms with van der Waals surface area (Å²) in [5.74, 6) is 1.24. The lowest BCUT2D eigenvalue weighted by Crippen LogP contribution is -2.45. The number of benzene rings is 1. The lowest BCUT2D eigenvalue weighted by Gasteiger charge is -2.33. The van der Waals surface area contributed by atoms with E-state index in [9.17, 15) is 0 Å². The van der Waals surface area contributed by atoms with Crippen LogP contribution in [0.2, 0.25) is 5.02 Å². The fourth-order valence-electron chi connectivity index (χ4n) is 3.12. The second-order valence-electron chi connectivity index (χ2n) is 6.44. The molecule has 2 aromatic heterocycles. The molecule has 1 aliphatic heterocycles. The first-order valence-corrected chi connectivity index (χ1v) is 9.06. The van der Waals surface area contributed by atoms with Gasteiger partial charge < -0.3 is 4.52 Å². The summed E-state index contributed by atoms with van der Waals surface area (Å²) in [6.07, 6.45) is 3.47. The molecule has 26 heavy (non-hydrogen) atoms. The van der Waals surface area contributed by atoms with E-state index in [0.29, 0.717) is 18.3 Å². The fraction of sp³-hybridized carbons (Fsp3) is 0.316. The van der Waals surface area contributed by atoms with Crippen molar-refractivity contribution in [3.8, 4) is 11.4 Å². The van der Waals surface area contributed by atoms with Gasteiger partial charge in [-0.15, -0.1) is 0 Å². The monoisotopic (exact) mass is 369 g/mol. The number of hydrogen-bond donors (Lipinski definition) is 0. The highest BCUT2D eigenvalue weighted by Crippen LogP contribution is 2.17. The van der Waals surface area contributed by atoms with Gasteiger partial charge in [-0.2, -0.15) is 4.98 Å². The summed E-state index contributed by atoms with van der Waals surface area (Å²) in [5, 5.41) is 4.85. The Morgan fingerprint density at radius 1 is 1.00 bits per heavy atom. The van der Waals surface area contributed by atoms with Gasteiger partial charge in [-0.25, -0.2) is 0 Å². The number of rotatable bonds is 5. The van der Waals surface area contributed by atoms with Crippen molar-refractivity contribution in [2.75, 3.05) is 26.2 Å². The summed E-state index contributed by atoms with van der Waals surface area (Å²) in [6.45, 7) is 5.58. The van der Waals surface area contributed by atoms with Crippen LogP contribution in [0.25, 0.3) is 11.4 Å². The molecule has 0 amide bonds. The standard InChI is InChI=1S/C19H20ClN5O/c20-17-5-1-3-15(11-17)13-24-7-9-25(10-8-24)14-18-22-19(23-26-18)16-4-2-6-21-12-16/h1-6,11-12H,7-10,13-14H2. The topological polar surface area (TPSA) is 58.3 Å². The highest BCUT2D eigenvalue weighted by molar-refractivity contribution is 6.30. The van der Waals surface area contributed by atoms with Gasteiger partial charge >= 0.3 is 0 Å². The predicted octanol–water partition coefficient (Wildman–Crippen LogP) is 3.10. The normalized spacial score (nSPS) is 16.0. The van der Waals surface area contributed by atoms with E-state index >= 15 is 0 Å². The van der Waals surface area contributed by atoms with Gasteiger partial charge in [0.05, 0.1) is 6.54 Å². The van der Waals surface area contributed by atoms with E-state index in [0.717, 1.165) is 43.3 Å². The van der Waals surface area contributed by atoms with E-state index in [1.165, 1.54) is 5.56 Å². The second-order valence-corrected chi connectivity index (χ2v) is 6.87. The zero-order chi connectivity index (χ0) is 17.8. The smallest absolute Gasteiger partial charge is 0.241 e. The molecule has 6 nitrogen and oxygen atoms in total. The molecule has 3 aromatic rings. The lowest BCUT2D eigenvalue weighted by atomic mass is 10.2. The minimum absolute atomic E-state index is 0.590. The number of aromatic nitrogens is 3. The van der Waals surface area contributed by atoms with E-state index in [1.54, 1.807) is 12.4 Å². The SMILES string of the molecule is Clc1cccc(CN2CCN(Cc3nc(-c4cccnc4)no3)CC2)c1. The number of piperazine rings is 1. The van der Waals surface area contributed by atoms with Gasteiger partial charge in [-0.1, -0.05) is 28.9 Å². The molecule has 0 N–H and O–H groups in total. The van der Waals surface area contributed by atoms with Crippen molar-refractivity contribution in [2.45, 2.75) is 13.1 Å². The summed E-state index contributed by atoms with van der Waals surface area (Å²) in [4.78, 5) is 13.4. The second kappa shape index (κ2) is 7.95. The van der Waals surface area contributed by atoms with Crippen LogP contribution in [0.4, 0.5) is 0 Å². The molecular formula is C19H20ClN5O. The minimum Gasteiger partial charge on any atom is -0.338 e. The molecule has 0 spiro atoms. The van der Waals surface area contributed by atoms with Crippen molar-refractivity contribution >= 4 is 11.6 Å². The molecule has 0 aliphatic carbocycles. The number of hydrogen-bond acceptors (Lipinski definition) is 6. The van der Waals surface area contributed by atoms with Crippen molar-refractivity contribution in [3.63, 3.8) is 0 Å². The number of nitrogens with zero attached hydrogens (tertiary/aromatic N) is 5. The Labute approximate surface area is 157 Å². The molecule has 1 aromatic carbocycles. The average Bonchev–Trinajstić information content (AvgIpc) is 3.13. The summed E-state index contributed by atoms with van der Waals surface area (Å²) in [7, 11) is 0. The van der Waals surface area contributed by atoms with Gasteiger partial charge in [0.2, 0.25) is 11.7 Å². The number of pyridine rings is 1. The molecule has 134 valence electrons. The maximum absolute atomic E-state index is 6.07. The van der Waals surface area contributed by atoms with Crippen LogP contribution in [0.15, 0.2) is 53.3 Å². The van der Waals surface area contributed by atoms with Gasteiger partial charge in [0.15, 0.2) is 0 Å². The Morgan fingerprint density at radius 2 is 1.81 bits per heavy atom. The van der Waals surface area contributed by atoms with Crippen LogP contribution in [0.5, 0.6) is 0 Å². The van der Waals surface area contributed by atoms with Gasteiger partial charge in [-0.3, -0.25) is 14.8 Å². The molecule has 0 radical (unpaired) electrons. The maximum atomic E-state index is 6.07. The van der Waals surface area contributed by atoms with Crippen LogP contribution in [-0.4, -0.2) is 51.1 Å². The van der Waals surface area contributed by atoms with E-state index < -0.39 is 0 Å². The third kappa shape index (κ3) is 4.27. The third-order valence-corrected chi connectivity index (χ3v) is 4.74. The molecule has 0 bridgehead atoms. The maximum Gasteiger partial charge on any atom is 0.241 e. The van der Waals surface area contributed by atoms with Crippen LogP contribution in [-0.2, 0) is 13.1 Å². The third-order valence-electron chi connectivity index (χ3n) is 4.51. The summed E-state index contributed by atoms with van der Waals surface area (Å²) >= 11 is 6.07. The van der Waals surface area contributed by atoms with Crippen molar-refractivity contribution in [1.82, 2.24) is 24.9 Å². The van der Waals surface area contributed by atoms with Crippen molar-refractivity contribution < 1.29 is 4.52 Å². The van der Waals surface area contributed by atoms with Crippen LogP contribution >= 0.6 is 11.6 Å². The quantitative estimate of drug-likeness (QED) is 0.688. The van der Waals surface area contributed by atoms with Gasteiger partial charge in [0.1, 0.15) is 0 Å². The molecule has 0 saturated carbocycles. The first-order chi connectivity index (χ1) is 12.8. The van der Waals surface area contributed by atoms with Crippen molar-refractivity contribution in [3.05, 3.63) is 65.3 Å². The molecule has 1 fully saturated rings. The Hall–Kier alpha value is -2.28. The molecule has 4 rings (SSSR count). The predicted molar refractivity (Wildman–Crippen MR) is 99.5 cm³/mol. The average molecular weight is 370 g/mol. The van der Waals surface area contributed by atoms with Crippen molar-refractivity contribution in [1.29, 1.82) is 0 Å². The van der Waals surface area contributed by atoms with Gasteiger partial charge in [-0.05, 0) is 29.8 Å². The first kappa shape index (κ1) is 17.1. The Morgan fingerprint density at radius 3 is 2.54 bits per heavy atom. The highest BCUT2D eigenvalue weighted by atomic mass is 35.5. The molecule has 3 heterocycles. The molecule has 1 saturated heterocycles. The highest BCUT2D eigenvalue weighted by Gasteiger charge is 2.19. The van der Waals surface area contributed by atoms with Gasteiger partial charge in [0.25, 0.3) is 0 Å². The van der Waals surface area contributed by atoms with E-state index in [-0.39, 0.29) is 0 Å². The molecular weight excluding hydrogens is 350 g/mol. The van der Waals surface area contributed by atoms with Gasteiger partial charge in [0, 0.05) is 55.7 Å². The molecule has 0 atom stereocenters. The zero-order valence-corrected chi connectivity index (χ0v) is 15.1. The lowest BCUT2D eigenvalue weighted by molar-refractivity contribution is 0.112. The summed E-state index contributed by atoms with van der Waals surface area (Å²) in [6, 6.07) is 11.9. The molecule has 1 aliphatic rings. The Kier molecular flexibility index (Phi) is 5.24. The Bertz CT molecular complexity index is 846. The molecule has 7 heteroatoms. The minimum atomic E-state index is 0.590. The van der Waals surface area contributed by atoms with E-state index in [4.69, 9.17) is 16.1 Å². The van der Waals surface area contributed by atoms with Crippen LogP contribution < -0.4 is 0 Å². The summed E-state index contributed by atoms with van der Waals surface area (Å²) in [5.41, 5.74) is 2.12. The summed E-state index contributed by atoms with van der Waals surface area (Å²) < 4.78 is 5.40. The fourth-order valence-corrected chi connectivity index (χ4v) is 3.33. The largest absolute Gasteiger partial charge is 0.338 e. The Balaban J connectivity index is 1.29. The van der Waals surface area contributed by atoms with Crippen LogP contribution in [0, 0.1) is 0 Å². The van der Waals surface area contributed by atoms with Crippen LogP contribution in [0.1, 0.15) is 11.5 Å². The van der Waals surface area contributed by atoms with Crippen molar-refractivity contribution in [2.24, 2.45) is 0 Å². The van der Waals surface area contributed by atoms with E-state index in [1.807, 2.05) is 30.3 Å². The van der Waals surface area contributed by atoms with Crippen LogP contribution in [0.3, 0.4) is 0 Å². The molecule has 0 unspecified atom stereocenters. The first-order valence-electron chi connectivity index (χ1n) is 8.68. The number of halogens is 1.